The summed E-state index contributed by atoms with van der Waals surface area (Å²) in [6.07, 6.45) is 11.5. The first-order valence-corrected chi connectivity index (χ1v) is 6.55. The van der Waals surface area contributed by atoms with Crippen molar-refractivity contribution < 1.29 is 0 Å². The van der Waals surface area contributed by atoms with E-state index < -0.39 is 0 Å². The van der Waals surface area contributed by atoms with Crippen LogP contribution in [0, 0.1) is 0 Å². The van der Waals surface area contributed by atoms with E-state index >= 15 is 0 Å². The summed E-state index contributed by atoms with van der Waals surface area (Å²) < 4.78 is 0. The standard InChI is InChI=1S/C14H24N2/c1-3-5-6-7-8-10-16-14-9-11-15-12-13(14)4-2/h9,11-12H,3-8,10H2,1-2H3,(H,15,16). The molecule has 0 aliphatic rings. The van der Waals surface area contributed by atoms with Crippen molar-refractivity contribution >= 4 is 5.69 Å². The molecule has 0 saturated carbocycles. The molecule has 0 fully saturated rings. The second-order valence-corrected chi connectivity index (χ2v) is 4.23. The van der Waals surface area contributed by atoms with Gasteiger partial charge in [-0.15, -0.1) is 0 Å². The molecule has 1 aromatic heterocycles. The highest BCUT2D eigenvalue weighted by Crippen LogP contribution is 2.14. The Bertz CT molecular complexity index is 284. The van der Waals surface area contributed by atoms with Crippen molar-refractivity contribution in [1.82, 2.24) is 4.98 Å². The van der Waals surface area contributed by atoms with Crippen molar-refractivity contribution in [2.75, 3.05) is 11.9 Å². The van der Waals surface area contributed by atoms with Gasteiger partial charge in [-0.05, 0) is 24.5 Å². The predicted octanol–water partition coefficient (Wildman–Crippen LogP) is 4.03. The molecule has 90 valence electrons. The number of pyridine rings is 1. The summed E-state index contributed by atoms with van der Waals surface area (Å²) in [6, 6.07) is 2.07. The number of rotatable bonds is 8. The van der Waals surface area contributed by atoms with Crippen molar-refractivity contribution in [3.63, 3.8) is 0 Å². The third-order valence-corrected chi connectivity index (χ3v) is 2.88. The second kappa shape index (κ2) is 8.14. The van der Waals surface area contributed by atoms with Gasteiger partial charge in [0.1, 0.15) is 0 Å². The summed E-state index contributed by atoms with van der Waals surface area (Å²) in [5.74, 6) is 0. The van der Waals surface area contributed by atoms with E-state index in [2.05, 4.69) is 30.2 Å². The lowest BCUT2D eigenvalue weighted by molar-refractivity contribution is 0.645. The van der Waals surface area contributed by atoms with Gasteiger partial charge in [0.25, 0.3) is 0 Å². The van der Waals surface area contributed by atoms with Crippen LogP contribution in [0.2, 0.25) is 0 Å². The SMILES string of the molecule is CCCCCCCNc1ccncc1CC. The van der Waals surface area contributed by atoms with Crippen molar-refractivity contribution in [3.8, 4) is 0 Å². The molecule has 0 radical (unpaired) electrons. The zero-order valence-electron chi connectivity index (χ0n) is 10.6. The lowest BCUT2D eigenvalue weighted by Gasteiger charge is -2.09. The molecular formula is C14H24N2. The first-order valence-electron chi connectivity index (χ1n) is 6.55. The van der Waals surface area contributed by atoms with Gasteiger partial charge in [0.2, 0.25) is 0 Å². The van der Waals surface area contributed by atoms with Crippen LogP contribution in [0.15, 0.2) is 18.5 Å². The average Bonchev–Trinajstić information content (AvgIpc) is 2.34. The molecule has 1 N–H and O–H groups in total. The van der Waals surface area contributed by atoms with E-state index in [1.165, 1.54) is 43.4 Å². The van der Waals surface area contributed by atoms with Crippen LogP contribution in [0.1, 0.15) is 51.5 Å². The number of unbranched alkanes of at least 4 members (excludes halogenated alkanes) is 4. The molecule has 2 nitrogen and oxygen atoms in total. The molecule has 0 spiro atoms. The monoisotopic (exact) mass is 220 g/mol. The maximum atomic E-state index is 4.14. The Morgan fingerprint density at radius 3 is 2.69 bits per heavy atom. The van der Waals surface area contributed by atoms with Gasteiger partial charge in [0.15, 0.2) is 0 Å². The van der Waals surface area contributed by atoms with Gasteiger partial charge in [-0.25, -0.2) is 0 Å². The van der Waals surface area contributed by atoms with Crippen molar-refractivity contribution in [3.05, 3.63) is 24.0 Å². The number of hydrogen-bond donors (Lipinski definition) is 1. The highest BCUT2D eigenvalue weighted by Gasteiger charge is 1.98. The van der Waals surface area contributed by atoms with E-state index in [-0.39, 0.29) is 0 Å². The Morgan fingerprint density at radius 2 is 1.94 bits per heavy atom. The average molecular weight is 220 g/mol. The van der Waals surface area contributed by atoms with Gasteiger partial charge in [-0.1, -0.05) is 39.5 Å². The molecule has 0 aromatic carbocycles. The number of aryl methyl sites for hydroxylation is 1. The third-order valence-electron chi connectivity index (χ3n) is 2.88. The lowest BCUT2D eigenvalue weighted by atomic mass is 10.1. The van der Waals surface area contributed by atoms with Crippen LogP contribution in [0.5, 0.6) is 0 Å². The molecule has 1 heterocycles. The Morgan fingerprint density at radius 1 is 1.12 bits per heavy atom. The summed E-state index contributed by atoms with van der Waals surface area (Å²) in [6.45, 7) is 5.51. The van der Waals surface area contributed by atoms with E-state index in [1.54, 1.807) is 0 Å². The molecule has 0 aliphatic carbocycles. The highest BCUT2D eigenvalue weighted by atomic mass is 14.9. The summed E-state index contributed by atoms with van der Waals surface area (Å²) in [7, 11) is 0. The minimum Gasteiger partial charge on any atom is -0.385 e. The normalized spacial score (nSPS) is 10.4. The maximum Gasteiger partial charge on any atom is 0.0403 e. The van der Waals surface area contributed by atoms with Gasteiger partial charge in [-0.2, -0.15) is 0 Å². The second-order valence-electron chi connectivity index (χ2n) is 4.23. The molecule has 2 heteroatoms. The molecule has 16 heavy (non-hydrogen) atoms. The first-order chi connectivity index (χ1) is 7.88. The fraction of sp³-hybridized carbons (Fsp3) is 0.643. The topological polar surface area (TPSA) is 24.9 Å². The molecule has 0 bridgehead atoms. The smallest absolute Gasteiger partial charge is 0.0403 e. The Kier molecular flexibility index (Phi) is 6.62. The van der Waals surface area contributed by atoms with Crippen LogP contribution < -0.4 is 5.32 Å². The lowest BCUT2D eigenvalue weighted by Crippen LogP contribution is -2.04. The minimum absolute atomic E-state index is 1.05. The molecule has 0 unspecified atom stereocenters. The van der Waals surface area contributed by atoms with Crippen LogP contribution in [0.25, 0.3) is 0 Å². The van der Waals surface area contributed by atoms with E-state index in [4.69, 9.17) is 0 Å². The molecular weight excluding hydrogens is 196 g/mol. The number of nitrogens with zero attached hydrogens (tertiary/aromatic N) is 1. The quantitative estimate of drug-likeness (QED) is 0.669. The minimum atomic E-state index is 1.05. The molecule has 1 aromatic rings. The number of nitrogens with one attached hydrogen (secondary N) is 1. The van der Waals surface area contributed by atoms with E-state index in [9.17, 15) is 0 Å². The molecule has 0 atom stereocenters. The molecule has 0 saturated heterocycles. The van der Waals surface area contributed by atoms with Crippen LogP contribution in [-0.4, -0.2) is 11.5 Å². The van der Waals surface area contributed by atoms with Gasteiger partial charge in [0.05, 0.1) is 0 Å². The van der Waals surface area contributed by atoms with Gasteiger partial charge < -0.3 is 5.32 Å². The van der Waals surface area contributed by atoms with E-state index in [0.29, 0.717) is 0 Å². The maximum absolute atomic E-state index is 4.14. The Labute approximate surface area is 99.5 Å². The van der Waals surface area contributed by atoms with Crippen LogP contribution >= 0.6 is 0 Å². The summed E-state index contributed by atoms with van der Waals surface area (Å²) in [4.78, 5) is 4.14. The van der Waals surface area contributed by atoms with Crippen LogP contribution in [0.4, 0.5) is 5.69 Å². The Hall–Kier alpha value is -1.05. The summed E-state index contributed by atoms with van der Waals surface area (Å²) in [5.41, 5.74) is 2.57. The van der Waals surface area contributed by atoms with Crippen molar-refractivity contribution in [2.24, 2.45) is 0 Å². The first kappa shape index (κ1) is 13.0. The number of hydrogen-bond acceptors (Lipinski definition) is 2. The van der Waals surface area contributed by atoms with Gasteiger partial charge in [-0.3, -0.25) is 4.98 Å². The van der Waals surface area contributed by atoms with Crippen molar-refractivity contribution in [2.45, 2.75) is 52.4 Å². The zero-order valence-corrected chi connectivity index (χ0v) is 10.6. The molecule has 0 aliphatic heterocycles. The largest absolute Gasteiger partial charge is 0.385 e. The van der Waals surface area contributed by atoms with E-state index in [0.717, 1.165) is 13.0 Å². The van der Waals surface area contributed by atoms with Crippen LogP contribution in [0.3, 0.4) is 0 Å². The Balaban J connectivity index is 2.21. The number of anilines is 1. The van der Waals surface area contributed by atoms with E-state index in [1.807, 2.05) is 12.4 Å². The molecule has 0 amide bonds. The van der Waals surface area contributed by atoms with Gasteiger partial charge in [0, 0.05) is 24.6 Å². The summed E-state index contributed by atoms with van der Waals surface area (Å²) >= 11 is 0. The van der Waals surface area contributed by atoms with Gasteiger partial charge >= 0.3 is 0 Å². The fourth-order valence-corrected chi connectivity index (χ4v) is 1.83. The summed E-state index contributed by atoms with van der Waals surface area (Å²) in [5, 5.41) is 3.50. The molecule has 1 rings (SSSR count). The highest BCUT2D eigenvalue weighted by molar-refractivity contribution is 5.49. The zero-order chi connectivity index (χ0) is 11.6. The fourth-order valence-electron chi connectivity index (χ4n) is 1.83. The predicted molar refractivity (Wildman–Crippen MR) is 70.9 cm³/mol. The third kappa shape index (κ3) is 4.65. The van der Waals surface area contributed by atoms with Crippen molar-refractivity contribution in [1.29, 1.82) is 0 Å². The number of aromatic nitrogens is 1. The van der Waals surface area contributed by atoms with Crippen LogP contribution in [-0.2, 0) is 6.42 Å².